The van der Waals surface area contributed by atoms with E-state index in [-0.39, 0.29) is 12.0 Å². The van der Waals surface area contributed by atoms with Gasteiger partial charge in [0, 0.05) is 18.3 Å². The standard InChI is InChI=1S/C11H16N2O4/c1-7(2)3-4-13-10(16)8(5-9(14)15)6-12-11(13)17/h6-7H,3-5H2,1-2H3,(H,12,17)(H,14,15). The Morgan fingerprint density at radius 2 is 2.12 bits per heavy atom. The summed E-state index contributed by atoms with van der Waals surface area (Å²) in [5.41, 5.74) is -0.914. The molecule has 0 aliphatic carbocycles. The SMILES string of the molecule is CC(C)CCn1c(=O)[nH]cc(CC(=O)O)c1=O. The van der Waals surface area contributed by atoms with E-state index in [1.54, 1.807) is 0 Å². The molecule has 0 saturated carbocycles. The Kier molecular flexibility index (Phi) is 4.25. The van der Waals surface area contributed by atoms with E-state index >= 15 is 0 Å². The third-order valence-electron chi connectivity index (χ3n) is 2.41. The van der Waals surface area contributed by atoms with Crippen LogP contribution in [-0.4, -0.2) is 20.6 Å². The number of hydrogen-bond donors (Lipinski definition) is 2. The van der Waals surface area contributed by atoms with Crippen LogP contribution in [0.1, 0.15) is 25.8 Å². The van der Waals surface area contributed by atoms with Gasteiger partial charge in [0.1, 0.15) is 0 Å². The molecule has 0 aliphatic heterocycles. The van der Waals surface area contributed by atoms with E-state index in [2.05, 4.69) is 4.98 Å². The lowest BCUT2D eigenvalue weighted by atomic mass is 10.1. The molecule has 0 fully saturated rings. The summed E-state index contributed by atoms with van der Waals surface area (Å²) in [7, 11) is 0. The van der Waals surface area contributed by atoms with E-state index in [1.807, 2.05) is 13.8 Å². The smallest absolute Gasteiger partial charge is 0.328 e. The van der Waals surface area contributed by atoms with Crippen molar-refractivity contribution in [1.82, 2.24) is 9.55 Å². The molecule has 1 aromatic rings. The summed E-state index contributed by atoms with van der Waals surface area (Å²) in [6, 6.07) is 0. The highest BCUT2D eigenvalue weighted by Gasteiger charge is 2.10. The van der Waals surface area contributed by atoms with Crippen molar-refractivity contribution in [2.45, 2.75) is 33.2 Å². The first-order chi connectivity index (χ1) is 7.91. The second-order valence-electron chi connectivity index (χ2n) is 4.33. The van der Waals surface area contributed by atoms with Crippen LogP contribution in [0.3, 0.4) is 0 Å². The second kappa shape index (κ2) is 5.47. The molecule has 0 spiro atoms. The molecule has 6 nitrogen and oxygen atoms in total. The number of aromatic nitrogens is 2. The Bertz CT molecular complexity index is 513. The number of carboxylic acids is 1. The molecular formula is C11H16N2O4. The first-order valence-corrected chi connectivity index (χ1v) is 5.45. The minimum atomic E-state index is -1.09. The normalized spacial score (nSPS) is 10.8. The first kappa shape index (κ1) is 13.2. The van der Waals surface area contributed by atoms with E-state index in [0.717, 1.165) is 4.57 Å². The lowest BCUT2D eigenvalue weighted by molar-refractivity contribution is -0.136. The monoisotopic (exact) mass is 240 g/mol. The maximum absolute atomic E-state index is 11.8. The number of rotatable bonds is 5. The fourth-order valence-corrected chi connectivity index (χ4v) is 1.43. The lowest BCUT2D eigenvalue weighted by Gasteiger charge is -2.07. The molecule has 0 aromatic carbocycles. The highest BCUT2D eigenvalue weighted by atomic mass is 16.4. The molecule has 0 bridgehead atoms. The van der Waals surface area contributed by atoms with Crippen molar-refractivity contribution < 1.29 is 9.90 Å². The van der Waals surface area contributed by atoms with Crippen LogP contribution in [0.25, 0.3) is 0 Å². The summed E-state index contributed by atoms with van der Waals surface area (Å²) < 4.78 is 1.05. The number of H-pyrrole nitrogens is 1. The van der Waals surface area contributed by atoms with Crippen molar-refractivity contribution in [2.75, 3.05) is 0 Å². The predicted molar refractivity (Wildman–Crippen MR) is 62.1 cm³/mol. The number of carboxylic acid groups (broad SMARTS) is 1. The van der Waals surface area contributed by atoms with Crippen molar-refractivity contribution >= 4 is 5.97 Å². The summed E-state index contributed by atoms with van der Waals surface area (Å²) in [4.78, 5) is 36.2. The van der Waals surface area contributed by atoms with Crippen LogP contribution in [0.2, 0.25) is 0 Å². The average Bonchev–Trinajstić information content (AvgIpc) is 2.21. The van der Waals surface area contributed by atoms with Gasteiger partial charge in [0.15, 0.2) is 0 Å². The van der Waals surface area contributed by atoms with E-state index in [4.69, 9.17) is 5.11 Å². The molecule has 0 aliphatic rings. The fraction of sp³-hybridized carbons (Fsp3) is 0.545. The molecule has 0 amide bonds. The highest BCUT2D eigenvalue weighted by Crippen LogP contribution is 1.99. The molecule has 17 heavy (non-hydrogen) atoms. The van der Waals surface area contributed by atoms with Crippen LogP contribution in [-0.2, 0) is 17.8 Å². The number of aliphatic carboxylic acids is 1. The van der Waals surface area contributed by atoms with Gasteiger partial charge >= 0.3 is 11.7 Å². The van der Waals surface area contributed by atoms with Gasteiger partial charge in [-0.1, -0.05) is 13.8 Å². The first-order valence-electron chi connectivity index (χ1n) is 5.45. The third kappa shape index (κ3) is 3.58. The maximum Gasteiger partial charge on any atom is 0.328 e. The summed E-state index contributed by atoms with van der Waals surface area (Å²) >= 11 is 0. The van der Waals surface area contributed by atoms with Gasteiger partial charge < -0.3 is 10.1 Å². The zero-order chi connectivity index (χ0) is 13.0. The quantitative estimate of drug-likeness (QED) is 0.769. The third-order valence-corrected chi connectivity index (χ3v) is 2.41. The van der Waals surface area contributed by atoms with Crippen molar-refractivity contribution in [1.29, 1.82) is 0 Å². The van der Waals surface area contributed by atoms with Gasteiger partial charge in [0.2, 0.25) is 0 Å². The summed E-state index contributed by atoms with van der Waals surface area (Å²) in [5.74, 6) is -0.728. The fourth-order valence-electron chi connectivity index (χ4n) is 1.43. The van der Waals surface area contributed by atoms with Gasteiger partial charge in [-0.25, -0.2) is 4.79 Å². The minimum absolute atomic E-state index is 0.0980. The Morgan fingerprint density at radius 3 is 2.65 bits per heavy atom. The minimum Gasteiger partial charge on any atom is -0.481 e. The zero-order valence-corrected chi connectivity index (χ0v) is 9.90. The zero-order valence-electron chi connectivity index (χ0n) is 9.90. The Morgan fingerprint density at radius 1 is 1.47 bits per heavy atom. The van der Waals surface area contributed by atoms with E-state index in [0.29, 0.717) is 18.9 Å². The molecule has 1 rings (SSSR count). The van der Waals surface area contributed by atoms with E-state index in [1.165, 1.54) is 6.20 Å². The molecule has 0 saturated heterocycles. The van der Waals surface area contributed by atoms with E-state index < -0.39 is 17.2 Å². The maximum atomic E-state index is 11.8. The van der Waals surface area contributed by atoms with Gasteiger partial charge in [-0.05, 0) is 12.3 Å². The molecule has 6 heteroatoms. The van der Waals surface area contributed by atoms with Gasteiger partial charge in [0.25, 0.3) is 5.56 Å². The highest BCUT2D eigenvalue weighted by molar-refractivity contribution is 5.69. The van der Waals surface area contributed by atoms with Crippen LogP contribution >= 0.6 is 0 Å². The number of hydrogen-bond acceptors (Lipinski definition) is 3. The van der Waals surface area contributed by atoms with E-state index in [9.17, 15) is 14.4 Å². The van der Waals surface area contributed by atoms with Crippen molar-refractivity contribution in [3.8, 4) is 0 Å². The second-order valence-corrected chi connectivity index (χ2v) is 4.33. The number of aromatic amines is 1. The number of nitrogens with one attached hydrogen (secondary N) is 1. The van der Waals surface area contributed by atoms with Gasteiger partial charge in [-0.3, -0.25) is 14.2 Å². The molecule has 0 unspecified atom stereocenters. The summed E-state index contributed by atoms with van der Waals surface area (Å²) in [5, 5.41) is 8.63. The molecule has 1 heterocycles. The molecule has 0 atom stereocenters. The van der Waals surface area contributed by atoms with Gasteiger partial charge in [0.05, 0.1) is 6.42 Å². The average molecular weight is 240 g/mol. The molecule has 1 aromatic heterocycles. The summed E-state index contributed by atoms with van der Waals surface area (Å²) in [6.07, 6.45) is 1.49. The van der Waals surface area contributed by atoms with Crippen LogP contribution in [0.5, 0.6) is 0 Å². The lowest BCUT2D eigenvalue weighted by Crippen LogP contribution is -2.37. The molecular weight excluding hydrogens is 224 g/mol. The van der Waals surface area contributed by atoms with Gasteiger partial charge in [-0.2, -0.15) is 0 Å². The Hall–Kier alpha value is -1.85. The predicted octanol–water partition coefficient (Wildman–Crippen LogP) is 0.210. The van der Waals surface area contributed by atoms with Crippen LogP contribution in [0.4, 0.5) is 0 Å². The Labute approximate surface area is 97.9 Å². The number of carbonyl (C=O) groups is 1. The van der Waals surface area contributed by atoms with Crippen molar-refractivity contribution in [3.05, 3.63) is 32.6 Å². The summed E-state index contributed by atoms with van der Waals surface area (Å²) in [6.45, 7) is 4.28. The largest absolute Gasteiger partial charge is 0.481 e. The topological polar surface area (TPSA) is 92.2 Å². The molecule has 0 radical (unpaired) electrons. The van der Waals surface area contributed by atoms with Gasteiger partial charge in [-0.15, -0.1) is 0 Å². The Balaban J connectivity index is 3.07. The molecule has 2 N–H and O–H groups in total. The van der Waals surface area contributed by atoms with Crippen LogP contribution < -0.4 is 11.2 Å². The van der Waals surface area contributed by atoms with Crippen molar-refractivity contribution in [2.24, 2.45) is 5.92 Å². The number of nitrogens with zero attached hydrogens (tertiary/aromatic N) is 1. The van der Waals surface area contributed by atoms with Crippen LogP contribution in [0, 0.1) is 5.92 Å². The van der Waals surface area contributed by atoms with Crippen LogP contribution in [0.15, 0.2) is 15.8 Å². The molecule has 94 valence electrons. The van der Waals surface area contributed by atoms with Crippen molar-refractivity contribution in [3.63, 3.8) is 0 Å².